The summed E-state index contributed by atoms with van der Waals surface area (Å²) in [6, 6.07) is 3.68. The maximum Gasteiger partial charge on any atom is 0.132 e. The Kier molecular flexibility index (Phi) is 5.25. The summed E-state index contributed by atoms with van der Waals surface area (Å²) in [6.45, 7) is 1.82. The molecule has 4 heteroatoms. The van der Waals surface area contributed by atoms with Crippen molar-refractivity contribution in [1.82, 2.24) is 15.2 Å². The van der Waals surface area contributed by atoms with Crippen molar-refractivity contribution in [3.63, 3.8) is 0 Å². The number of nitrogens with zero attached hydrogens (tertiary/aromatic N) is 2. The van der Waals surface area contributed by atoms with Crippen LogP contribution in [0.1, 0.15) is 18.2 Å². The molecule has 2 N–H and O–H groups in total. The molecule has 84 valence electrons. The summed E-state index contributed by atoms with van der Waals surface area (Å²) in [5.74, 6) is 0. The predicted molar refractivity (Wildman–Crippen MR) is 60.4 cm³/mol. The van der Waals surface area contributed by atoms with Crippen molar-refractivity contribution in [2.45, 2.75) is 12.6 Å². The molecule has 0 fully saturated rings. The van der Waals surface area contributed by atoms with Gasteiger partial charge < -0.3 is 10.0 Å². The van der Waals surface area contributed by atoms with Gasteiger partial charge in [-0.05, 0) is 39.7 Å². The van der Waals surface area contributed by atoms with Gasteiger partial charge in [0.25, 0.3) is 0 Å². The average Bonchev–Trinajstić information content (AvgIpc) is 2.25. The van der Waals surface area contributed by atoms with Crippen LogP contribution in [0.15, 0.2) is 24.5 Å². The molecule has 0 saturated heterocycles. The molecule has 0 aliphatic heterocycles. The van der Waals surface area contributed by atoms with Crippen LogP contribution < -0.4 is 5.32 Å². The first-order valence-electron chi connectivity index (χ1n) is 5.16. The van der Waals surface area contributed by atoms with E-state index < -0.39 is 6.23 Å². The van der Waals surface area contributed by atoms with Gasteiger partial charge in [-0.25, -0.2) is 0 Å². The second-order valence-corrected chi connectivity index (χ2v) is 3.80. The minimum absolute atomic E-state index is 0.610. The Morgan fingerprint density at radius 3 is 2.93 bits per heavy atom. The van der Waals surface area contributed by atoms with Crippen molar-refractivity contribution in [3.8, 4) is 0 Å². The molecule has 0 spiro atoms. The third kappa shape index (κ3) is 4.88. The van der Waals surface area contributed by atoms with Gasteiger partial charge in [0.2, 0.25) is 0 Å². The van der Waals surface area contributed by atoms with Gasteiger partial charge in [-0.15, -0.1) is 0 Å². The van der Waals surface area contributed by atoms with Crippen molar-refractivity contribution >= 4 is 0 Å². The average molecular weight is 209 g/mol. The quantitative estimate of drug-likeness (QED) is 0.532. The summed E-state index contributed by atoms with van der Waals surface area (Å²) in [4.78, 5) is 6.08. The van der Waals surface area contributed by atoms with Crippen LogP contribution in [0, 0.1) is 0 Å². The SMILES string of the molecule is CN(C)CCCNC(O)c1cccnc1. The first-order chi connectivity index (χ1) is 7.20. The molecule has 0 radical (unpaired) electrons. The monoisotopic (exact) mass is 209 g/mol. The van der Waals surface area contributed by atoms with Crippen molar-refractivity contribution in [3.05, 3.63) is 30.1 Å². The fraction of sp³-hybridized carbons (Fsp3) is 0.545. The van der Waals surface area contributed by atoms with Gasteiger partial charge in [0, 0.05) is 18.0 Å². The van der Waals surface area contributed by atoms with Crippen LogP contribution in [0.25, 0.3) is 0 Å². The Bertz CT molecular complexity index is 264. The maximum atomic E-state index is 9.72. The lowest BCUT2D eigenvalue weighted by molar-refractivity contribution is 0.137. The highest BCUT2D eigenvalue weighted by molar-refractivity contribution is 5.10. The lowest BCUT2D eigenvalue weighted by Gasteiger charge is -2.14. The second kappa shape index (κ2) is 6.50. The molecule has 1 rings (SSSR count). The Morgan fingerprint density at radius 2 is 2.33 bits per heavy atom. The minimum atomic E-state index is -0.610. The van der Waals surface area contributed by atoms with Crippen LogP contribution in [0.4, 0.5) is 0 Å². The summed E-state index contributed by atoms with van der Waals surface area (Å²) in [5.41, 5.74) is 0.808. The number of aliphatic hydroxyl groups excluding tert-OH is 1. The van der Waals surface area contributed by atoms with Gasteiger partial charge in [-0.2, -0.15) is 0 Å². The second-order valence-electron chi connectivity index (χ2n) is 3.80. The molecule has 0 aromatic carbocycles. The molecule has 0 bridgehead atoms. The normalized spacial score (nSPS) is 13.1. The van der Waals surface area contributed by atoms with E-state index in [9.17, 15) is 5.11 Å². The smallest absolute Gasteiger partial charge is 0.132 e. The van der Waals surface area contributed by atoms with Crippen LogP contribution in [-0.4, -0.2) is 42.2 Å². The van der Waals surface area contributed by atoms with Crippen molar-refractivity contribution < 1.29 is 5.11 Å². The van der Waals surface area contributed by atoms with Crippen LogP contribution >= 0.6 is 0 Å². The summed E-state index contributed by atoms with van der Waals surface area (Å²) >= 11 is 0. The summed E-state index contributed by atoms with van der Waals surface area (Å²) in [5, 5.41) is 12.8. The Balaban J connectivity index is 2.22. The highest BCUT2D eigenvalue weighted by Crippen LogP contribution is 2.06. The van der Waals surface area contributed by atoms with Gasteiger partial charge in [0.1, 0.15) is 6.23 Å². The van der Waals surface area contributed by atoms with Crippen LogP contribution in [0.3, 0.4) is 0 Å². The lowest BCUT2D eigenvalue weighted by atomic mass is 10.2. The summed E-state index contributed by atoms with van der Waals surface area (Å²) < 4.78 is 0. The Labute approximate surface area is 90.9 Å². The van der Waals surface area contributed by atoms with E-state index in [0.29, 0.717) is 0 Å². The fourth-order valence-corrected chi connectivity index (χ4v) is 1.29. The van der Waals surface area contributed by atoms with Crippen molar-refractivity contribution in [2.24, 2.45) is 0 Å². The van der Waals surface area contributed by atoms with Crippen LogP contribution in [0.2, 0.25) is 0 Å². The van der Waals surface area contributed by atoms with Gasteiger partial charge in [0.05, 0.1) is 0 Å². The number of rotatable bonds is 6. The van der Waals surface area contributed by atoms with E-state index in [0.717, 1.165) is 25.1 Å². The third-order valence-electron chi connectivity index (χ3n) is 2.12. The van der Waals surface area contributed by atoms with E-state index in [1.54, 1.807) is 12.4 Å². The van der Waals surface area contributed by atoms with E-state index in [2.05, 4.69) is 15.2 Å². The zero-order chi connectivity index (χ0) is 11.1. The molecule has 1 unspecified atom stereocenters. The van der Waals surface area contributed by atoms with Gasteiger partial charge in [-0.3, -0.25) is 10.3 Å². The highest BCUT2D eigenvalue weighted by Gasteiger charge is 2.04. The molecular formula is C11H19N3O. The molecule has 0 aliphatic rings. The highest BCUT2D eigenvalue weighted by atomic mass is 16.3. The van der Waals surface area contributed by atoms with Gasteiger partial charge in [-0.1, -0.05) is 6.07 Å². The number of nitrogens with one attached hydrogen (secondary N) is 1. The topological polar surface area (TPSA) is 48.4 Å². The van der Waals surface area contributed by atoms with E-state index in [-0.39, 0.29) is 0 Å². The molecule has 1 aromatic rings. The molecule has 0 saturated carbocycles. The van der Waals surface area contributed by atoms with E-state index in [1.165, 1.54) is 0 Å². The van der Waals surface area contributed by atoms with Crippen LogP contribution in [0.5, 0.6) is 0 Å². The Hall–Kier alpha value is -0.970. The molecule has 1 heterocycles. The first-order valence-corrected chi connectivity index (χ1v) is 5.16. The lowest BCUT2D eigenvalue weighted by Crippen LogP contribution is -2.25. The fourth-order valence-electron chi connectivity index (χ4n) is 1.29. The van der Waals surface area contributed by atoms with Gasteiger partial charge in [0.15, 0.2) is 0 Å². The molecule has 1 atom stereocenters. The third-order valence-corrected chi connectivity index (χ3v) is 2.12. The summed E-state index contributed by atoms with van der Waals surface area (Å²) in [6.07, 6.45) is 3.77. The molecule has 0 aliphatic carbocycles. The number of pyridine rings is 1. The molecule has 0 amide bonds. The predicted octanol–water partition coefficient (Wildman–Crippen LogP) is 0.614. The largest absolute Gasteiger partial charge is 0.374 e. The zero-order valence-corrected chi connectivity index (χ0v) is 9.35. The maximum absolute atomic E-state index is 9.72. The molecule has 4 nitrogen and oxygen atoms in total. The number of aromatic nitrogens is 1. The zero-order valence-electron chi connectivity index (χ0n) is 9.35. The molecule has 15 heavy (non-hydrogen) atoms. The number of hydrogen-bond donors (Lipinski definition) is 2. The number of aliphatic hydroxyl groups is 1. The van der Waals surface area contributed by atoms with E-state index >= 15 is 0 Å². The van der Waals surface area contributed by atoms with Gasteiger partial charge >= 0.3 is 0 Å². The Morgan fingerprint density at radius 1 is 1.53 bits per heavy atom. The van der Waals surface area contributed by atoms with E-state index in [4.69, 9.17) is 0 Å². The standard InChI is InChI=1S/C11H19N3O/c1-14(2)8-4-7-13-11(15)10-5-3-6-12-9-10/h3,5-6,9,11,13,15H,4,7-8H2,1-2H3. The first kappa shape index (κ1) is 12.1. The van der Waals surface area contributed by atoms with Crippen molar-refractivity contribution in [1.29, 1.82) is 0 Å². The van der Waals surface area contributed by atoms with Crippen molar-refractivity contribution in [2.75, 3.05) is 27.2 Å². The summed E-state index contributed by atoms with van der Waals surface area (Å²) in [7, 11) is 4.08. The minimum Gasteiger partial charge on any atom is -0.374 e. The molecule has 1 aromatic heterocycles. The van der Waals surface area contributed by atoms with E-state index in [1.807, 2.05) is 26.2 Å². The molecular weight excluding hydrogens is 190 g/mol. The number of hydrogen-bond acceptors (Lipinski definition) is 4. The van der Waals surface area contributed by atoms with Crippen LogP contribution in [-0.2, 0) is 0 Å².